The highest BCUT2D eigenvalue weighted by atomic mass is 16.5. The highest BCUT2D eigenvalue weighted by molar-refractivity contribution is 5.71. The maximum atomic E-state index is 11.8. The van der Waals surface area contributed by atoms with Crippen LogP contribution in [0, 0.1) is 5.41 Å². The van der Waals surface area contributed by atoms with Gasteiger partial charge in [-0.3, -0.25) is 4.79 Å². The molecule has 0 aromatic rings. The third-order valence-corrected chi connectivity index (χ3v) is 4.43. The Balaban J connectivity index is 1.72. The molecule has 2 N–H and O–H groups in total. The first-order chi connectivity index (χ1) is 7.89. The fraction of sp³-hybridized carbons (Fsp3) is 0.929. The van der Waals surface area contributed by atoms with Gasteiger partial charge in [-0.15, -0.1) is 0 Å². The molecule has 2 rings (SSSR count). The van der Waals surface area contributed by atoms with Crippen LogP contribution in [-0.4, -0.2) is 17.6 Å². The standard InChI is InChI=1S/C14H25NO2/c1-13(2)8-4-11(5-9-13)17-12(16)10-14(15)6-3-7-14/h11H,3-10,15H2,1-2H3. The molecule has 0 unspecified atom stereocenters. The van der Waals surface area contributed by atoms with Crippen LogP contribution in [0.25, 0.3) is 0 Å². The Morgan fingerprint density at radius 1 is 1.24 bits per heavy atom. The lowest BCUT2D eigenvalue weighted by atomic mass is 9.75. The van der Waals surface area contributed by atoms with E-state index < -0.39 is 0 Å². The molecule has 0 atom stereocenters. The first kappa shape index (κ1) is 12.9. The van der Waals surface area contributed by atoms with Gasteiger partial charge < -0.3 is 10.5 Å². The van der Waals surface area contributed by atoms with E-state index in [9.17, 15) is 4.79 Å². The molecule has 2 saturated carbocycles. The third-order valence-electron chi connectivity index (χ3n) is 4.43. The summed E-state index contributed by atoms with van der Waals surface area (Å²) in [6.07, 6.45) is 7.97. The smallest absolute Gasteiger partial charge is 0.307 e. The van der Waals surface area contributed by atoms with Crippen molar-refractivity contribution in [1.29, 1.82) is 0 Å². The van der Waals surface area contributed by atoms with Gasteiger partial charge in [0.2, 0.25) is 0 Å². The number of hydrogen-bond donors (Lipinski definition) is 1. The summed E-state index contributed by atoms with van der Waals surface area (Å²) < 4.78 is 5.54. The molecular formula is C14H25NO2. The summed E-state index contributed by atoms with van der Waals surface area (Å²) in [5.41, 5.74) is 6.23. The fourth-order valence-electron chi connectivity index (χ4n) is 2.81. The van der Waals surface area contributed by atoms with Crippen molar-refractivity contribution in [2.75, 3.05) is 0 Å². The molecule has 3 nitrogen and oxygen atoms in total. The second-order valence-electron chi connectivity index (χ2n) is 6.75. The van der Waals surface area contributed by atoms with Crippen molar-refractivity contribution < 1.29 is 9.53 Å². The van der Waals surface area contributed by atoms with Crippen LogP contribution in [-0.2, 0) is 9.53 Å². The summed E-state index contributed by atoms with van der Waals surface area (Å²) in [7, 11) is 0. The predicted molar refractivity (Wildman–Crippen MR) is 67.5 cm³/mol. The molecule has 98 valence electrons. The first-order valence-corrected chi connectivity index (χ1v) is 6.87. The normalized spacial score (nSPS) is 27.2. The van der Waals surface area contributed by atoms with Gasteiger partial charge in [-0.25, -0.2) is 0 Å². The molecule has 17 heavy (non-hydrogen) atoms. The molecule has 0 amide bonds. The summed E-state index contributed by atoms with van der Waals surface area (Å²) in [4.78, 5) is 11.8. The van der Waals surface area contributed by atoms with Crippen LogP contribution in [0.3, 0.4) is 0 Å². The predicted octanol–water partition coefficient (Wildman–Crippen LogP) is 2.77. The van der Waals surface area contributed by atoms with Crippen LogP contribution >= 0.6 is 0 Å². The molecule has 0 aliphatic heterocycles. The summed E-state index contributed by atoms with van der Waals surface area (Å²) >= 11 is 0. The topological polar surface area (TPSA) is 52.3 Å². The van der Waals surface area contributed by atoms with Crippen molar-refractivity contribution in [3.63, 3.8) is 0 Å². The Morgan fingerprint density at radius 3 is 2.29 bits per heavy atom. The van der Waals surface area contributed by atoms with E-state index in [-0.39, 0.29) is 17.6 Å². The largest absolute Gasteiger partial charge is 0.462 e. The highest BCUT2D eigenvalue weighted by Gasteiger charge is 2.36. The van der Waals surface area contributed by atoms with Gasteiger partial charge in [0.25, 0.3) is 0 Å². The number of hydrogen-bond acceptors (Lipinski definition) is 3. The van der Waals surface area contributed by atoms with Gasteiger partial charge in [0, 0.05) is 5.54 Å². The van der Waals surface area contributed by atoms with Crippen molar-refractivity contribution >= 4 is 5.97 Å². The van der Waals surface area contributed by atoms with Gasteiger partial charge in [0.1, 0.15) is 6.10 Å². The lowest BCUT2D eigenvalue weighted by molar-refractivity contribution is -0.153. The van der Waals surface area contributed by atoms with Crippen LogP contribution in [0.4, 0.5) is 0 Å². The van der Waals surface area contributed by atoms with Crippen LogP contribution in [0.2, 0.25) is 0 Å². The lowest BCUT2D eigenvalue weighted by Crippen LogP contribution is -2.48. The van der Waals surface area contributed by atoms with Crippen LogP contribution in [0.1, 0.15) is 65.2 Å². The number of ether oxygens (including phenoxy) is 1. The molecule has 0 saturated heterocycles. The van der Waals surface area contributed by atoms with E-state index in [1.807, 2.05) is 0 Å². The van der Waals surface area contributed by atoms with E-state index in [4.69, 9.17) is 10.5 Å². The Morgan fingerprint density at radius 2 is 1.82 bits per heavy atom. The minimum absolute atomic E-state index is 0.0862. The van der Waals surface area contributed by atoms with Gasteiger partial charge in [-0.1, -0.05) is 13.8 Å². The van der Waals surface area contributed by atoms with Crippen molar-refractivity contribution in [2.24, 2.45) is 11.1 Å². The zero-order valence-electron chi connectivity index (χ0n) is 11.1. The van der Waals surface area contributed by atoms with E-state index >= 15 is 0 Å². The van der Waals surface area contributed by atoms with E-state index in [1.54, 1.807) is 0 Å². The van der Waals surface area contributed by atoms with E-state index in [2.05, 4.69) is 13.8 Å². The number of rotatable bonds is 3. The Kier molecular flexibility index (Phi) is 3.48. The summed E-state index contributed by atoms with van der Waals surface area (Å²) in [5, 5.41) is 0. The van der Waals surface area contributed by atoms with Crippen molar-refractivity contribution in [3.8, 4) is 0 Å². The van der Waals surface area contributed by atoms with Gasteiger partial charge in [0.05, 0.1) is 6.42 Å². The second kappa shape index (κ2) is 4.60. The zero-order valence-corrected chi connectivity index (χ0v) is 11.1. The third kappa shape index (κ3) is 3.44. The van der Waals surface area contributed by atoms with Gasteiger partial charge >= 0.3 is 5.97 Å². The monoisotopic (exact) mass is 239 g/mol. The van der Waals surface area contributed by atoms with Crippen molar-refractivity contribution in [3.05, 3.63) is 0 Å². The minimum Gasteiger partial charge on any atom is -0.462 e. The van der Waals surface area contributed by atoms with Crippen molar-refractivity contribution in [1.82, 2.24) is 0 Å². The molecule has 2 aliphatic carbocycles. The number of nitrogens with two attached hydrogens (primary N) is 1. The Bertz CT molecular complexity index is 285. The molecule has 0 spiro atoms. The zero-order chi connectivity index (χ0) is 12.5. The average molecular weight is 239 g/mol. The lowest BCUT2D eigenvalue weighted by Gasteiger charge is -2.38. The van der Waals surface area contributed by atoms with Crippen LogP contribution < -0.4 is 5.73 Å². The van der Waals surface area contributed by atoms with Gasteiger partial charge in [-0.05, 0) is 50.4 Å². The summed E-state index contributed by atoms with van der Waals surface area (Å²) in [6.45, 7) is 4.57. The van der Waals surface area contributed by atoms with Gasteiger partial charge in [-0.2, -0.15) is 0 Å². The summed E-state index contributed by atoms with van der Waals surface area (Å²) in [5.74, 6) is -0.0862. The fourth-order valence-corrected chi connectivity index (χ4v) is 2.81. The quantitative estimate of drug-likeness (QED) is 0.770. The maximum absolute atomic E-state index is 11.8. The molecular weight excluding hydrogens is 214 g/mol. The van der Waals surface area contributed by atoms with Gasteiger partial charge in [0.15, 0.2) is 0 Å². The van der Waals surface area contributed by atoms with E-state index in [0.29, 0.717) is 11.8 Å². The summed E-state index contributed by atoms with van der Waals surface area (Å²) in [6, 6.07) is 0. The van der Waals surface area contributed by atoms with E-state index in [0.717, 1.165) is 44.9 Å². The molecule has 0 aromatic heterocycles. The molecule has 2 fully saturated rings. The number of esters is 1. The average Bonchev–Trinajstić information content (AvgIpc) is 2.19. The minimum atomic E-state index is -0.245. The highest BCUT2D eigenvalue weighted by Crippen LogP contribution is 2.37. The molecule has 0 aromatic carbocycles. The van der Waals surface area contributed by atoms with E-state index in [1.165, 1.54) is 0 Å². The maximum Gasteiger partial charge on any atom is 0.307 e. The first-order valence-electron chi connectivity index (χ1n) is 6.87. The molecule has 2 aliphatic rings. The van der Waals surface area contributed by atoms with Crippen LogP contribution in [0.15, 0.2) is 0 Å². The number of carbonyl (C=O) groups is 1. The Labute approximate surface area is 104 Å². The number of carbonyl (C=O) groups excluding carboxylic acids is 1. The molecule has 0 heterocycles. The second-order valence-corrected chi connectivity index (χ2v) is 6.75. The van der Waals surface area contributed by atoms with Crippen LogP contribution in [0.5, 0.6) is 0 Å². The Hall–Kier alpha value is -0.570. The SMILES string of the molecule is CC1(C)CCC(OC(=O)CC2(N)CCC2)CC1. The molecule has 0 radical (unpaired) electrons. The molecule has 0 bridgehead atoms. The van der Waals surface area contributed by atoms with Crippen molar-refractivity contribution in [2.45, 2.75) is 76.9 Å². The molecule has 3 heteroatoms.